The number of halogens is 6. The van der Waals surface area contributed by atoms with Gasteiger partial charge in [-0.05, 0) is 116 Å². The Kier molecular flexibility index (Phi) is 13.8. The zero-order valence-electron chi connectivity index (χ0n) is 25.3. The van der Waals surface area contributed by atoms with Crippen molar-refractivity contribution in [2.45, 2.75) is 76.8 Å². The largest absolute Gasteiger partial charge is 2.00 e. The fraction of sp³-hybridized carbons (Fsp3) is 0.353. The maximum atomic E-state index is 13.3. The van der Waals surface area contributed by atoms with E-state index < -0.39 is 39.3 Å². The summed E-state index contributed by atoms with van der Waals surface area (Å²) in [5, 5.41) is 1.40. The number of hydrogen-bond donors (Lipinski definition) is 0. The van der Waals surface area contributed by atoms with E-state index in [1.54, 1.807) is 0 Å². The molecule has 0 nitrogen and oxygen atoms in total. The molecule has 43 heavy (non-hydrogen) atoms. The zero-order valence-corrected chi connectivity index (χ0v) is 28.2. The summed E-state index contributed by atoms with van der Waals surface area (Å²) in [5.74, 6) is 1.11. The molecule has 2 aliphatic rings. The van der Waals surface area contributed by atoms with Crippen molar-refractivity contribution in [3.63, 3.8) is 0 Å². The van der Waals surface area contributed by atoms with Gasteiger partial charge < -0.3 is 0 Å². The standard InChI is InChI=1S/C29H33F6P2.C5H5.Fe/c1-19(37(26(2,3)4)27(5,6)7)24-9-8-10-25(24)36(22-15-11-20(12-16-22)28(30,31)32)23-17-13-21(14-18-23)29(33,34)35;1-2-4-5-3-1;/h8-19H,1-7H3;1-5H;/q;;+2/t19-;;/m1../s1. The molecule has 0 saturated heterocycles. The molecule has 0 unspecified atom stereocenters. The molecule has 2 aromatic carbocycles. The van der Waals surface area contributed by atoms with Crippen LogP contribution in [0.3, 0.4) is 0 Å². The van der Waals surface area contributed by atoms with Crippen molar-refractivity contribution >= 4 is 26.5 Å². The van der Waals surface area contributed by atoms with E-state index in [2.05, 4.69) is 54.9 Å². The van der Waals surface area contributed by atoms with Gasteiger partial charge in [0.2, 0.25) is 0 Å². The molecule has 2 saturated carbocycles. The minimum Gasteiger partial charge on any atom is -0.166 e. The van der Waals surface area contributed by atoms with Crippen LogP contribution in [0.2, 0.25) is 0 Å². The zero-order chi connectivity index (χ0) is 31.5. The van der Waals surface area contributed by atoms with E-state index in [0.29, 0.717) is 10.6 Å². The van der Waals surface area contributed by atoms with Crippen molar-refractivity contribution < 1.29 is 43.4 Å². The molecular formula is C34H38F6FeP2+2. The molecule has 0 spiro atoms. The van der Waals surface area contributed by atoms with Crippen LogP contribution in [0.5, 0.6) is 0 Å². The van der Waals surface area contributed by atoms with Crippen molar-refractivity contribution in [2.24, 2.45) is 0 Å². The summed E-state index contributed by atoms with van der Waals surface area (Å²) in [6, 6.07) is 10.1. The normalized spacial score (nSPS) is 18.0. The SMILES string of the molecule is C[C@H]([C]1[CH][CH][CH][C]1P(c1ccc(C(F)(F)F)cc1)c1ccc(C(F)(F)F)cc1)P(C(C)(C)C)C(C)(C)C.[CH]1[CH][CH][CH][CH]1.[Fe+2]. The number of benzene rings is 2. The van der Waals surface area contributed by atoms with Crippen LogP contribution in [-0.2, 0) is 29.4 Å². The van der Waals surface area contributed by atoms with Crippen molar-refractivity contribution in [3.8, 4) is 0 Å². The smallest absolute Gasteiger partial charge is 0.166 e. The monoisotopic (exact) mass is 678 g/mol. The van der Waals surface area contributed by atoms with E-state index in [0.717, 1.165) is 35.8 Å². The van der Waals surface area contributed by atoms with Crippen LogP contribution in [-0.4, -0.2) is 16.0 Å². The van der Waals surface area contributed by atoms with Gasteiger partial charge in [0.05, 0.1) is 11.1 Å². The van der Waals surface area contributed by atoms with Crippen LogP contribution in [0.4, 0.5) is 26.3 Å². The van der Waals surface area contributed by atoms with Gasteiger partial charge in [0.1, 0.15) is 0 Å². The van der Waals surface area contributed by atoms with Gasteiger partial charge in [-0.3, -0.25) is 0 Å². The second kappa shape index (κ2) is 15.3. The van der Waals surface area contributed by atoms with Crippen LogP contribution in [0.1, 0.15) is 59.6 Å². The van der Waals surface area contributed by atoms with Crippen LogP contribution in [0.15, 0.2) is 48.5 Å². The van der Waals surface area contributed by atoms with E-state index in [1.807, 2.05) is 44.9 Å². The predicted octanol–water partition coefficient (Wildman–Crippen LogP) is 10.4. The third-order valence-electron chi connectivity index (χ3n) is 6.81. The van der Waals surface area contributed by atoms with E-state index >= 15 is 0 Å². The predicted molar refractivity (Wildman–Crippen MR) is 166 cm³/mol. The number of rotatable bonds is 5. The first-order chi connectivity index (χ1) is 19.3. The van der Waals surface area contributed by atoms with Gasteiger partial charge in [-0.15, -0.1) is 0 Å². The quantitative estimate of drug-likeness (QED) is 0.168. The Morgan fingerprint density at radius 2 is 0.884 bits per heavy atom. The van der Waals surface area contributed by atoms with Gasteiger partial charge in [-0.2, -0.15) is 26.3 Å². The van der Waals surface area contributed by atoms with Crippen LogP contribution >= 0.6 is 15.8 Å². The molecule has 0 aliphatic heterocycles. The van der Waals surface area contributed by atoms with Crippen LogP contribution in [0, 0.1) is 62.9 Å². The Morgan fingerprint density at radius 1 is 0.535 bits per heavy atom. The Balaban J connectivity index is 0.000000973. The average Bonchev–Trinajstić information content (AvgIpc) is 3.58. The fourth-order valence-electron chi connectivity index (χ4n) is 5.64. The fourth-order valence-corrected chi connectivity index (χ4v) is 13.1. The van der Waals surface area contributed by atoms with E-state index in [4.69, 9.17) is 0 Å². The minimum absolute atomic E-state index is 0. The topological polar surface area (TPSA) is 0 Å². The van der Waals surface area contributed by atoms with Crippen molar-refractivity contribution in [1.29, 1.82) is 0 Å². The second-order valence-corrected chi connectivity index (χ2v) is 18.5. The van der Waals surface area contributed by atoms with Crippen LogP contribution in [0.25, 0.3) is 0 Å². The summed E-state index contributed by atoms with van der Waals surface area (Å²) < 4.78 is 79.5. The van der Waals surface area contributed by atoms with Gasteiger partial charge in [0, 0.05) is 5.66 Å². The summed E-state index contributed by atoms with van der Waals surface area (Å²) in [5.41, 5.74) is -0.352. The molecule has 0 bridgehead atoms. The van der Waals surface area contributed by atoms with Gasteiger partial charge >= 0.3 is 29.4 Å². The van der Waals surface area contributed by atoms with E-state index in [-0.39, 0.29) is 33.0 Å². The third kappa shape index (κ3) is 10.5. The number of hydrogen-bond acceptors (Lipinski definition) is 0. The number of alkyl halides is 6. The summed E-state index contributed by atoms with van der Waals surface area (Å²) in [6.07, 6.45) is 7.06. The Labute approximate surface area is 268 Å². The van der Waals surface area contributed by atoms with E-state index in [9.17, 15) is 26.3 Å². The van der Waals surface area contributed by atoms with Gasteiger partial charge in [-0.1, -0.05) is 80.7 Å². The Bertz CT molecular complexity index is 1030. The van der Waals surface area contributed by atoms with Gasteiger partial charge in [-0.25, -0.2) is 0 Å². The summed E-state index contributed by atoms with van der Waals surface area (Å²) in [6.45, 7) is 15.6. The molecule has 232 valence electrons. The molecule has 1 atom stereocenters. The minimum atomic E-state index is -4.47. The average molecular weight is 678 g/mol. The van der Waals surface area contributed by atoms with Crippen molar-refractivity contribution in [1.82, 2.24) is 0 Å². The Morgan fingerprint density at radius 3 is 1.19 bits per heavy atom. The first-order valence-corrected chi connectivity index (χ1v) is 16.4. The first kappa shape index (κ1) is 38.6. The van der Waals surface area contributed by atoms with Gasteiger partial charge in [0.15, 0.2) is 0 Å². The second-order valence-electron chi connectivity index (χ2n) is 12.1. The maximum Gasteiger partial charge on any atom is 2.00 e. The summed E-state index contributed by atoms with van der Waals surface area (Å²) in [4.78, 5) is 0. The molecule has 4 rings (SSSR count). The maximum absolute atomic E-state index is 13.3. The van der Waals surface area contributed by atoms with Crippen LogP contribution < -0.4 is 10.6 Å². The molecule has 0 N–H and O–H groups in total. The summed E-state index contributed by atoms with van der Waals surface area (Å²) in [7, 11) is -1.94. The molecule has 0 aromatic heterocycles. The molecule has 2 aliphatic carbocycles. The molecule has 0 amide bonds. The van der Waals surface area contributed by atoms with Crippen molar-refractivity contribution in [2.75, 3.05) is 0 Å². The molecular weight excluding hydrogens is 640 g/mol. The van der Waals surface area contributed by atoms with Crippen molar-refractivity contribution in [3.05, 3.63) is 123 Å². The third-order valence-corrected chi connectivity index (χ3v) is 13.3. The Hall–Kier alpha value is -0.601. The first-order valence-electron chi connectivity index (χ1n) is 13.7. The molecule has 2 aromatic rings. The molecule has 0 heterocycles. The van der Waals surface area contributed by atoms with Gasteiger partial charge in [0.25, 0.3) is 0 Å². The summed E-state index contributed by atoms with van der Waals surface area (Å²) >= 11 is 0. The van der Waals surface area contributed by atoms with E-state index in [1.165, 1.54) is 24.3 Å². The molecule has 2 fully saturated rings. The molecule has 9 heteroatoms. The molecule has 10 radical (unpaired) electrons.